The molecule has 1 aromatic carbocycles. The molecule has 4 heteroatoms. The third-order valence-corrected chi connectivity index (χ3v) is 4.40. The highest BCUT2D eigenvalue weighted by Gasteiger charge is 2.22. The average Bonchev–Trinajstić information content (AvgIpc) is 2.49. The van der Waals surface area contributed by atoms with Crippen molar-refractivity contribution in [1.29, 1.82) is 0 Å². The van der Waals surface area contributed by atoms with Crippen LogP contribution in [0.4, 0.5) is 5.82 Å². The van der Waals surface area contributed by atoms with E-state index in [0.717, 1.165) is 41.9 Å². The third-order valence-electron chi connectivity index (χ3n) is 3.82. The summed E-state index contributed by atoms with van der Waals surface area (Å²) in [6.45, 7) is 2.94. The van der Waals surface area contributed by atoms with Gasteiger partial charge in [-0.05, 0) is 53.2 Å². The van der Waals surface area contributed by atoms with Crippen LogP contribution in [0.1, 0.15) is 36.2 Å². The lowest BCUT2D eigenvalue weighted by atomic mass is 9.83. The minimum absolute atomic E-state index is 0.426. The number of aryl methyl sites for hydroxylation is 1. The van der Waals surface area contributed by atoms with Crippen molar-refractivity contribution in [2.24, 2.45) is 0 Å². The summed E-state index contributed by atoms with van der Waals surface area (Å²) in [7, 11) is 0. The molecule has 0 radical (unpaired) electrons. The van der Waals surface area contributed by atoms with E-state index in [2.05, 4.69) is 62.4 Å². The van der Waals surface area contributed by atoms with Crippen molar-refractivity contribution < 1.29 is 0 Å². The monoisotopic (exact) mass is 331 g/mol. The Morgan fingerprint density at radius 2 is 2.10 bits per heavy atom. The smallest absolute Gasteiger partial charge is 0.144 e. The van der Waals surface area contributed by atoms with Crippen molar-refractivity contribution in [2.45, 2.75) is 32.1 Å². The zero-order valence-electron chi connectivity index (χ0n) is 11.6. The molecule has 1 aromatic heterocycles. The lowest BCUT2D eigenvalue weighted by molar-refractivity contribution is 0.555. The molecule has 0 aliphatic heterocycles. The van der Waals surface area contributed by atoms with E-state index in [-0.39, 0.29) is 0 Å². The van der Waals surface area contributed by atoms with E-state index < -0.39 is 0 Å². The van der Waals surface area contributed by atoms with Gasteiger partial charge in [0.05, 0.1) is 4.47 Å². The third kappa shape index (κ3) is 2.70. The van der Waals surface area contributed by atoms with Crippen LogP contribution >= 0.6 is 15.9 Å². The van der Waals surface area contributed by atoms with Crippen LogP contribution in [0.3, 0.4) is 0 Å². The van der Waals surface area contributed by atoms with Crippen molar-refractivity contribution in [3.05, 3.63) is 51.9 Å². The highest BCUT2D eigenvalue weighted by Crippen LogP contribution is 2.32. The minimum Gasteiger partial charge on any atom is -0.369 e. The molecule has 0 fully saturated rings. The van der Waals surface area contributed by atoms with Crippen LogP contribution in [0, 0.1) is 0 Å². The second kappa shape index (κ2) is 5.92. The maximum atomic E-state index is 4.69. The maximum Gasteiger partial charge on any atom is 0.144 e. The molecule has 0 amide bonds. The van der Waals surface area contributed by atoms with Crippen LogP contribution in [-0.2, 0) is 12.8 Å². The Bertz CT molecular complexity index is 612. The van der Waals surface area contributed by atoms with Gasteiger partial charge in [-0.3, -0.25) is 0 Å². The van der Waals surface area contributed by atoms with E-state index in [9.17, 15) is 0 Å². The van der Waals surface area contributed by atoms with Crippen LogP contribution < -0.4 is 5.32 Å². The molecule has 0 spiro atoms. The van der Waals surface area contributed by atoms with Crippen LogP contribution in [0.25, 0.3) is 0 Å². The second-order valence-corrected chi connectivity index (χ2v) is 6.02. The molecule has 1 atom stereocenters. The summed E-state index contributed by atoms with van der Waals surface area (Å²) >= 11 is 3.49. The second-order valence-electron chi connectivity index (χ2n) is 5.16. The molecule has 2 aromatic rings. The average molecular weight is 332 g/mol. The van der Waals surface area contributed by atoms with Crippen LogP contribution in [0.15, 0.2) is 34.9 Å². The standard InChI is InChI=1S/C16H18BrN3/c1-2-18-16-14(17)10-19-15(20-16)13-8-7-11-5-3-4-6-12(11)9-13/h3-6,10,13H,2,7-9H2,1H3,(H,18,19,20). The first-order valence-corrected chi connectivity index (χ1v) is 7.90. The fourth-order valence-corrected chi connectivity index (χ4v) is 3.12. The number of anilines is 1. The molecule has 0 saturated heterocycles. The highest BCUT2D eigenvalue weighted by atomic mass is 79.9. The van der Waals surface area contributed by atoms with Crippen molar-refractivity contribution in [3.63, 3.8) is 0 Å². The Morgan fingerprint density at radius 3 is 2.90 bits per heavy atom. The van der Waals surface area contributed by atoms with Gasteiger partial charge < -0.3 is 5.32 Å². The molecule has 1 unspecified atom stereocenters. The Hall–Kier alpha value is -1.42. The van der Waals surface area contributed by atoms with Gasteiger partial charge in [-0.1, -0.05) is 24.3 Å². The molecule has 104 valence electrons. The summed E-state index contributed by atoms with van der Waals surface area (Å²) < 4.78 is 0.930. The number of nitrogens with one attached hydrogen (secondary N) is 1. The van der Waals surface area contributed by atoms with Crippen molar-refractivity contribution in [2.75, 3.05) is 11.9 Å². The molecule has 1 aliphatic carbocycles. The molecule has 1 N–H and O–H groups in total. The summed E-state index contributed by atoms with van der Waals surface area (Å²) in [5.74, 6) is 2.28. The molecular weight excluding hydrogens is 314 g/mol. The van der Waals surface area contributed by atoms with E-state index in [0.29, 0.717) is 5.92 Å². The first-order chi connectivity index (χ1) is 9.78. The van der Waals surface area contributed by atoms with Crippen LogP contribution in [-0.4, -0.2) is 16.5 Å². The van der Waals surface area contributed by atoms with Gasteiger partial charge in [-0.25, -0.2) is 9.97 Å². The number of aromatic nitrogens is 2. The molecule has 1 aliphatic rings. The van der Waals surface area contributed by atoms with Crippen molar-refractivity contribution in [3.8, 4) is 0 Å². The number of hydrogen-bond acceptors (Lipinski definition) is 3. The summed E-state index contributed by atoms with van der Waals surface area (Å²) in [6.07, 6.45) is 5.16. The van der Waals surface area contributed by atoms with Gasteiger partial charge in [0, 0.05) is 18.7 Å². The molecule has 3 nitrogen and oxygen atoms in total. The fraction of sp³-hybridized carbons (Fsp3) is 0.375. The molecule has 0 bridgehead atoms. The van der Waals surface area contributed by atoms with E-state index in [4.69, 9.17) is 0 Å². The SMILES string of the molecule is CCNc1nc(C2CCc3ccccc3C2)ncc1Br. The Morgan fingerprint density at radius 1 is 1.30 bits per heavy atom. The molecule has 3 rings (SSSR count). The number of fused-ring (bicyclic) bond motifs is 1. The van der Waals surface area contributed by atoms with Crippen LogP contribution in [0.5, 0.6) is 0 Å². The quantitative estimate of drug-likeness (QED) is 0.925. The maximum absolute atomic E-state index is 4.69. The summed E-state index contributed by atoms with van der Waals surface area (Å²) in [4.78, 5) is 9.21. The minimum atomic E-state index is 0.426. The van der Waals surface area contributed by atoms with Gasteiger partial charge in [0.1, 0.15) is 11.6 Å². The number of benzene rings is 1. The highest BCUT2D eigenvalue weighted by molar-refractivity contribution is 9.10. The Balaban J connectivity index is 1.86. The summed E-state index contributed by atoms with van der Waals surface area (Å²) in [5, 5.41) is 3.28. The van der Waals surface area contributed by atoms with E-state index >= 15 is 0 Å². The Kier molecular flexibility index (Phi) is 4.01. The largest absolute Gasteiger partial charge is 0.369 e. The van der Waals surface area contributed by atoms with Gasteiger partial charge in [-0.15, -0.1) is 0 Å². The number of nitrogens with zero attached hydrogens (tertiary/aromatic N) is 2. The number of rotatable bonds is 3. The lowest BCUT2D eigenvalue weighted by Gasteiger charge is -2.23. The van der Waals surface area contributed by atoms with E-state index in [1.54, 1.807) is 0 Å². The fourth-order valence-electron chi connectivity index (χ4n) is 2.79. The van der Waals surface area contributed by atoms with Gasteiger partial charge in [0.2, 0.25) is 0 Å². The van der Waals surface area contributed by atoms with E-state index in [1.807, 2.05) is 6.20 Å². The zero-order chi connectivity index (χ0) is 13.9. The first-order valence-electron chi connectivity index (χ1n) is 7.11. The van der Waals surface area contributed by atoms with Gasteiger partial charge in [0.25, 0.3) is 0 Å². The molecule has 1 heterocycles. The normalized spacial score (nSPS) is 17.6. The van der Waals surface area contributed by atoms with Gasteiger partial charge in [0.15, 0.2) is 0 Å². The predicted molar refractivity (Wildman–Crippen MR) is 85.1 cm³/mol. The Labute approximate surface area is 128 Å². The van der Waals surface area contributed by atoms with Crippen molar-refractivity contribution >= 4 is 21.7 Å². The van der Waals surface area contributed by atoms with Gasteiger partial charge >= 0.3 is 0 Å². The first kappa shape index (κ1) is 13.6. The van der Waals surface area contributed by atoms with Gasteiger partial charge in [-0.2, -0.15) is 0 Å². The van der Waals surface area contributed by atoms with Crippen LogP contribution in [0.2, 0.25) is 0 Å². The summed E-state index contributed by atoms with van der Waals surface area (Å²) in [6, 6.07) is 8.70. The molecule has 0 saturated carbocycles. The zero-order valence-corrected chi connectivity index (χ0v) is 13.2. The van der Waals surface area contributed by atoms with E-state index in [1.165, 1.54) is 11.1 Å². The topological polar surface area (TPSA) is 37.8 Å². The number of halogens is 1. The number of hydrogen-bond donors (Lipinski definition) is 1. The molecule has 20 heavy (non-hydrogen) atoms. The summed E-state index contributed by atoms with van der Waals surface area (Å²) in [5.41, 5.74) is 2.92. The molecular formula is C16H18BrN3. The predicted octanol–water partition coefficient (Wildman–Crippen LogP) is 3.94. The lowest BCUT2D eigenvalue weighted by Crippen LogP contribution is -2.16. The van der Waals surface area contributed by atoms with Crippen molar-refractivity contribution in [1.82, 2.24) is 9.97 Å².